The molecule has 2 unspecified atom stereocenters. The van der Waals surface area contributed by atoms with E-state index in [0.717, 1.165) is 10.5 Å². The molecule has 1 amide bonds. The molecule has 3 aromatic carbocycles. The van der Waals surface area contributed by atoms with Crippen molar-refractivity contribution in [3.63, 3.8) is 0 Å². The molecule has 150 valence electrons. The minimum Gasteiger partial charge on any atom is -0.530 e. The maximum absolute atomic E-state index is 11.4. The Balaban J connectivity index is 1.47. The van der Waals surface area contributed by atoms with Gasteiger partial charge in [0.25, 0.3) is 0 Å². The molecular weight excluding hydrogens is 406 g/mol. The third kappa shape index (κ3) is 5.04. The first-order chi connectivity index (χ1) is 14.1. The average Bonchev–Trinajstić information content (AvgIpc) is 2.74. The van der Waals surface area contributed by atoms with Crippen LogP contribution in [0.3, 0.4) is 0 Å². The average molecular weight is 427 g/mol. The van der Waals surface area contributed by atoms with E-state index in [1.165, 1.54) is 15.7 Å². The summed E-state index contributed by atoms with van der Waals surface area (Å²) in [7, 11) is 0. The van der Waals surface area contributed by atoms with Crippen molar-refractivity contribution in [2.75, 3.05) is 13.1 Å². The number of carboxylic acid groups (broad SMARTS) is 1. The predicted molar refractivity (Wildman–Crippen MR) is 115 cm³/mol. The molecule has 4 nitrogen and oxygen atoms in total. The van der Waals surface area contributed by atoms with Crippen LogP contribution in [0.4, 0.5) is 4.79 Å². The lowest BCUT2D eigenvalue weighted by molar-refractivity contribution is -0.268. The number of likely N-dealkylation sites (tertiary alicyclic amines) is 1. The maximum Gasteiger partial charge on any atom is 0.137 e. The van der Waals surface area contributed by atoms with Gasteiger partial charge in [-0.05, 0) is 53.1 Å². The number of hydrogen-bond donors (Lipinski definition) is 0. The molecule has 0 aromatic heterocycles. The van der Waals surface area contributed by atoms with E-state index >= 15 is 0 Å². The standard InChI is InChI=1S/C23H22ClNO3S/c24-19-7-9-20(10-8-19)29-22-11-12-25(23(26)27)14-21(22)28-15-16-5-6-17-3-1-2-4-18(17)13-16/h1-10,13,21-22H,11-12,14-15H2,(H,26,27)/p-1. The van der Waals surface area contributed by atoms with Gasteiger partial charge in [-0.1, -0.05) is 48.0 Å². The summed E-state index contributed by atoms with van der Waals surface area (Å²) in [5, 5.41) is 14.6. The van der Waals surface area contributed by atoms with E-state index in [1.54, 1.807) is 11.8 Å². The summed E-state index contributed by atoms with van der Waals surface area (Å²) in [6.45, 7) is 1.22. The van der Waals surface area contributed by atoms with Gasteiger partial charge in [0.05, 0.1) is 12.7 Å². The first kappa shape index (κ1) is 20.1. The number of rotatable bonds is 5. The number of carbonyl (C=O) groups is 1. The maximum atomic E-state index is 11.4. The first-order valence-electron chi connectivity index (χ1n) is 9.56. The van der Waals surface area contributed by atoms with Gasteiger partial charge in [-0.2, -0.15) is 0 Å². The molecule has 0 aliphatic carbocycles. The molecule has 0 spiro atoms. The van der Waals surface area contributed by atoms with Crippen LogP contribution in [-0.2, 0) is 11.3 Å². The highest BCUT2D eigenvalue weighted by Crippen LogP contribution is 2.33. The number of halogens is 1. The van der Waals surface area contributed by atoms with Crippen molar-refractivity contribution in [3.8, 4) is 0 Å². The van der Waals surface area contributed by atoms with E-state index in [4.69, 9.17) is 16.3 Å². The van der Waals surface area contributed by atoms with Crippen molar-refractivity contribution >= 4 is 40.2 Å². The Hall–Kier alpha value is -2.21. The normalized spacial score (nSPS) is 19.4. The molecule has 3 aromatic rings. The lowest BCUT2D eigenvalue weighted by atomic mass is 10.1. The first-order valence-corrected chi connectivity index (χ1v) is 10.8. The largest absolute Gasteiger partial charge is 0.530 e. The fourth-order valence-electron chi connectivity index (χ4n) is 3.58. The summed E-state index contributed by atoms with van der Waals surface area (Å²) in [5.41, 5.74) is 1.07. The van der Waals surface area contributed by atoms with E-state index < -0.39 is 6.09 Å². The highest BCUT2D eigenvalue weighted by molar-refractivity contribution is 8.00. The number of benzene rings is 3. The van der Waals surface area contributed by atoms with Crippen LogP contribution in [0.1, 0.15) is 12.0 Å². The number of hydrogen-bond acceptors (Lipinski definition) is 4. The number of carbonyl (C=O) groups excluding carboxylic acids is 1. The van der Waals surface area contributed by atoms with Crippen molar-refractivity contribution in [1.29, 1.82) is 0 Å². The number of thioether (sulfide) groups is 1. The zero-order valence-corrected chi connectivity index (χ0v) is 17.4. The van der Waals surface area contributed by atoms with Crippen molar-refractivity contribution in [1.82, 2.24) is 4.90 Å². The summed E-state index contributed by atoms with van der Waals surface area (Å²) in [5.74, 6) is 0. The fraction of sp³-hybridized carbons (Fsp3) is 0.261. The van der Waals surface area contributed by atoms with E-state index in [0.29, 0.717) is 31.1 Å². The van der Waals surface area contributed by atoms with Crippen LogP contribution in [0.25, 0.3) is 10.8 Å². The van der Waals surface area contributed by atoms with Crippen LogP contribution in [-0.4, -0.2) is 35.4 Å². The van der Waals surface area contributed by atoms with Crippen molar-refractivity contribution < 1.29 is 14.6 Å². The molecule has 4 rings (SSSR count). The van der Waals surface area contributed by atoms with Crippen LogP contribution in [0.15, 0.2) is 71.6 Å². The number of nitrogens with zero attached hydrogens (tertiary/aromatic N) is 1. The smallest absolute Gasteiger partial charge is 0.137 e. The van der Waals surface area contributed by atoms with E-state index in [1.807, 2.05) is 36.4 Å². The van der Waals surface area contributed by atoms with Gasteiger partial charge >= 0.3 is 0 Å². The fourth-order valence-corrected chi connectivity index (χ4v) is 4.88. The van der Waals surface area contributed by atoms with Crippen molar-refractivity contribution in [2.24, 2.45) is 0 Å². The van der Waals surface area contributed by atoms with Gasteiger partial charge in [0.1, 0.15) is 6.09 Å². The second kappa shape index (κ2) is 9.08. The molecule has 0 radical (unpaired) electrons. The molecule has 1 fully saturated rings. The van der Waals surface area contributed by atoms with Gasteiger partial charge in [-0.15, -0.1) is 11.8 Å². The van der Waals surface area contributed by atoms with Gasteiger partial charge in [-0.3, -0.25) is 0 Å². The third-order valence-corrected chi connectivity index (χ3v) is 6.77. The van der Waals surface area contributed by atoms with Gasteiger partial charge in [0, 0.05) is 28.3 Å². The van der Waals surface area contributed by atoms with Crippen LogP contribution in [0.5, 0.6) is 0 Å². The van der Waals surface area contributed by atoms with E-state index in [9.17, 15) is 9.90 Å². The molecule has 1 saturated heterocycles. The van der Waals surface area contributed by atoms with Crippen LogP contribution < -0.4 is 5.11 Å². The zero-order chi connectivity index (χ0) is 20.2. The quantitative estimate of drug-likeness (QED) is 0.598. The van der Waals surface area contributed by atoms with Crippen molar-refractivity contribution in [2.45, 2.75) is 29.3 Å². The molecule has 2 atom stereocenters. The molecule has 1 heterocycles. The number of fused-ring (bicyclic) bond motifs is 1. The van der Waals surface area contributed by atoms with Crippen LogP contribution >= 0.6 is 23.4 Å². The predicted octanol–water partition coefficient (Wildman–Crippen LogP) is 4.59. The highest BCUT2D eigenvalue weighted by Gasteiger charge is 2.31. The van der Waals surface area contributed by atoms with Crippen LogP contribution in [0.2, 0.25) is 5.02 Å². The molecular formula is C23H21ClNO3S-. The second-order valence-electron chi connectivity index (χ2n) is 7.14. The molecule has 0 saturated carbocycles. The van der Waals surface area contributed by atoms with E-state index in [-0.39, 0.29) is 11.4 Å². The van der Waals surface area contributed by atoms with Gasteiger partial charge in [-0.25, -0.2) is 0 Å². The number of piperidine rings is 1. The summed E-state index contributed by atoms with van der Waals surface area (Å²) in [4.78, 5) is 13.8. The van der Waals surface area contributed by atoms with Crippen molar-refractivity contribution in [3.05, 3.63) is 77.3 Å². The molecule has 1 aliphatic rings. The SMILES string of the molecule is O=C([O-])N1CCC(Sc2ccc(Cl)cc2)C(OCc2ccc3ccccc3c2)C1. The lowest BCUT2D eigenvalue weighted by Gasteiger charge is -2.39. The number of ether oxygens (including phenoxy) is 1. The van der Waals surface area contributed by atoms with Crippen LogP contribution in [0, 0.1) is 0 Å². The zero-order valence-electron chi connectivity index (χ0n) is 15.8. The Morgan fingerprint density at radius 1 is 1.10 bits per heavy atom. The Labute approximate surface area is 179 Å². The Bertz CT molecular complexity index is 995. The molecule has 0 bridgehead atoms. The van der Waals surface area contributed by atoms with Gasteiger partial charge < -0.3 is 19.5 Å². The summed E-state index contributed by atoms with van der Waals surface area (Å²) < 4.78 is 6.23. The van der Waals surface area contributed by atoms with E-state index in [2.05, 4.69) is 30.3 Å². The Kier molecular flexibility index (Phi) is 6.28. The Morgan fingerprint density at radius 2 is 1.86 bits per heavy atom. The van der Waals surface area contributed by atoms with Gasteiger partial charge in [0.2, 0.25) is 0 Å². The summed E-state index contributed by atoms with van der Waals surface area (Å²) in [6, 6.07) is 22.2. The molecule has 1 aliphatic heterocycles. The highest BCUT2D eigenvalue weighted by atomic mass is 35.5. The molecule has 6 heteroatoms. The topological polar surface area (TPSA) is 52.6 Å². The third-order valence-electron chi connectivity index (χ3n) is 5.14. The molecule has 0 N–H and O–H groups in total. The summed E-state index contributed by atoms with van der Waals surface area (Å²) >= 11 is 7.69. The lowest BCUT2D eigenvalue weighted by Crippen LogP contribution is -2.52. The number of amides is 1. The Morgan fingerprint density at radius 3 is 2.62 bits per heavy atom. The van der Waals surface area contributed by atoms with Gasteiger partial charge in [0.15, 0.2) is 0 Å². The minimum absolute atomic E-state index is 0.159. The summed E-state index contributed by atoms with van der Waals surface area (Å²) in [6.07, 6.45) is -0.642. The monoisotopic (exact) mass is 426 g/mol. The second-order valence-corrected chi connectivity index (χ2v) is 8.89. The minimum atomic E-state index is -1.14. The molecule has 29 heavy (non-hydrogen) atoms.